The van der Waals surface area contributed by atoms with E-state index in [1.165, 1.54) is 28.0 Å². The van der Waals surface area contributed by atoms with Gasteiger partial charge in [-0.05, 0) is 49.6 Å². The summed E-state index contributed by atoms with van der Waals surface area (Å²) in [6.45, 7) is 4.64. The summed E-state index contributed by atoms with van der Waals surface area (Å²) in [4.78, 5) is 14.6. The van der Waals surface area contributed by atoms with Gasteiger partial charge in [-0.1, -0.05) is 0 Å². The molecule has 6 nitrogen and oxygen atoms in total. The minimum absolute atomic E-state index is 0.0688. The minimum Gasteiger partial charge on any atom is -0.362 e. The lowest BCUT2D eigenvalue weighted by molar-refractivity contribution is 0.624. The zero-order chi connectivity index (χ0) is 18.4. The van der Waals surface area contributed by atoms with E-state index in [1.54, 1.807) is 19.2 Å². The molecule has 0 radical (unpaired) electrons. The number of halogens is 1. The number of thiophene rings is 1. The van der Waals surface area contributed by atoms with E-state index in [2.05, 4.69) is 28.9 Å². The maximum absolute atomic E-state index is 13.3. The van der Waals surface area contributed by atoms with Crippen LogP contribution in [-0.4, -0.2) is 25.2 Å². The van der Waals surface area contributed by atoms with Crippen LogP contribution >= 0.6 is 11.3 Å². The fourth-order valence-corrected chi connectivity index (χ4v) is 3.96. The summed E-state index contributed by atoms with van der Waals surface area (Å²) < 4.78 is 17.4. The van der Waals surface area contributed by atoms with E-state index in [-0.39, 0.29) is 17.4 Å². The van der Waals surface area contributed by atoms with Gasteiger partial charge in [0.25, 0.3) is 5.56 Å². The first kappa shape index (κ1) is 16.7. The molecule has 26 heavy (non-hydrogen) atoms. The molecule has 3 aromatic heterocycles. The molecule has 0 spiro atoms. The molecule has 8 heteroatoms. The molecule has 3 heterocycles. The predicted octanol–water partition coefficient (Wildman–Crippen LogP) is 3.20. The van der Waals surface area contributed by atoms with Crippen molar-refractivity contribution in [2.75, 3.05) is 4.90 Å². The summed E-state index contributed by atoms with van der Waals surface area (Å²) in [5, 5.41) is 10.5. The lowest BCUT2D eigenvalue weighted by Gasteiger charge is -2.28. The van der Waals surface area contributed by atoms with Crippen LogP contribution in [0.3, 0.4) is 0 Å². The van der Waals surface area contributed by atoms with E-state index in [4.69, 9.17) is 0 Å². The third-order valence-corrected chi connectivity index (χ3v) is 5.38. The molecular weight excluding hydrogens is 353 g/mol. The summed E-state index contributed by atoms with van der Waals surface area (Å²) >= 11 is 1.41. The second kappa shape index (κ2) is 6.21. The van der Waals surface area contributed by atoms with Gasteiger partial charge in [0.05, 0.1) is 12.1 Å². The Bertz CT molecular complexity index is 1140. The fourth-order valence-electron chi connectivity index (χ4n) is 3.11. The number of hydrogen-bond acceptors (Lipinski definition) is 5. The summed E-state index contributed by atoms with van der Waals surface area (Å²) in [5.74, 6) is 0.983. The van der Waals surface area contributed by atoms with Crippen LogP contribution in [-0.2, 0) is 13.6 Å². The van der Waals surface area contributed by atoms with Crippen molar-refractivity contribution in [2.45, 2.75) is 26.4 Å². The number of aromatic nitrogens is 4. The average Bonchev–Trinajstić information content (AvgIpc) is 3.25. The van der Waals surface area contributed by atoms with Crippen LogP contribution in [0, 0.1) is 5.82 Å². The molecule has 1 aromatic carbocycles. The Morgan fingerprint density at radius 1 is 1.19 bits per heavy atom. The molecule has 134 valence electrons. The van der Waals surface area contributed by atoms with Crippen molar-refractivity contribution in [3.05, 3.63) is 57.7 Å². The van der Waals surface area contributed by atoms with Gasteiger partial charge in [-0.15, -0.1) is 21.5 Å². The van der Waals surface area contributed by atoms with E-state index in [9.17, 15) is 9.18 Å². The molecule has 4 aromatic rings. The van der Waals surface area contributed by atoms with E-state index in [0.29, 0.717) is 17.0 Å². The first-order chi connectivity index (χ1) is 12.5. The van der Waals surface area contributed by atoms with Gasteiger partial charge in [-0.25, -0.2) is 4.39 Å². The van der Waals surface area contributed by atoms with Crippen molar-refractivity contribution >= 4 is 33.0 Å². The van der Waals surface area contributed by atoms with Crippen molar-refractivity contribution in [3.63, 3.8) is 0 Å². The maximum Gasteiger partial charge on any atom is 0.272 e. The number of nitrogens with zero attached hydrogens (tertiary/aromatic N) is 5. The molecule has 0 aliphatic carbocycles. The molecular formula is C18H18FN5OS. The third-order valence-electron chi connectivity index (χ3n) is 4.49. The van der Waals surface area contributed by atoms with E-state index < -0.39 is 0 Å². The largest absolute Gasteiger partial charge is 0.362 e. The summed E-state index contributed by atoms with van der Waals surface area (Å²) in [6, 6.07) is 8.51. The fraction of sp³-hybridized carbons (Fsp3) is 0.278. The van der Waals surface area contributed by atoms with Crippen LogP contribution in [0.2, 0.25) is 0 Å². The lowest BCUT2D eigenvalue weighted by Crippen LogP contribution is -2.31. The minimum atomic E-state index is -0.264. The number of hydrogen-bond donors (Lipinski definition) is 0. The SMILES string of the molecule is CC(C)N(Cc1nnc2n(C)c(=O)c3sccc3n12)c1ccc(F)cc1. The first-order valence-electron chi connectivity index (χ1n) is 8.30. The van der Waals surface area contributed by atoms with Crippen molar-refractivity contribution in [3.8, 4) is 0 Å². The molecule has 0 aliphatic heterocycles. The summed E-state index contributed by atoms with van der Waals surface area (Å²) in [5.41, 5.74) is 1.65. The molecule has 0 amide bonds. The van der Waals surface area contributed by atoms with Gasteiger partial charge in [0.2, 0.25) is 5.78 Å². The maximum atomic E-state index is 13.3. The lowest BCUT2D eigenvalue weighted by atomic mass is 10.2. The van der Waals surface area contributed by atoms with Crippen LogP contribution in [0.1, 0.15) is 19.7 Å². The monoisotopic (exact) mass is 371 g/mol. The van der Waals surface area contributed by atoms with Gasteiger partial charge in [-0.3, -0.25) is 13.8 Å². The van der Waals surface area contributed by atoms with Gasteiger partial charge in [0.15, 0.2) is 5.82 Å². The van der Waals surface area contributed by atoms with Crippen molar-refractivity contribution in [1.29, 1.82) is 0 Å². The Kier molecular flexibility index (Phi) is 3.99. The number of aryl methyl sites for hydroxylation is 1. The highest BCUT2D eigenvalue weighted by atomic mass is 32.1. The first-order valence-corrected chi connectivity index (χ1v) is 9.17. The standard InChI is InChI=1S/C18H18FN5OS/c1-11(2)23(13-6-4-12(19)5-7-13)10-15-20-21-18-22(3)17(25)16-14(24(15)18)8-9-26-16/h4-9,11H,10H2,1-3H3. The number of rotatable bonds is 4. The molecule has 4 rings (SSSR count). The second-order valence-corrected chi connectivity index (χ2v) is 7.36. The van der Waals surface area contributed by atoms with Crippen molar-refractivity contribution in [2.24, 2.45) is 7.05 Å². The topological polar surface area (TPSA) is 55.4 Å². The Hall–Kier alpha value is -2.74. The normalized spacial score (nSPS) is 11.7. The third kappa shape index (κ3) is 2.57. The Balaban J connectivity index is 1.86. The number of fused-ring (bicyclic) bond motifs is 3. The highest BCUT2D eigenvalue weighted by Crippen LogP contribution is 2.23. The second-order valence-electron chi connectivity index (χ2n) is 6.45. The Morgan fingerprint density at radius 3 is 2.62 bits per heavy atom. The van der Waals surface area contributed by atoms with Gasteiger partial charge in [0, 0.05) is 18.8 Å². The molecule has 0 saturated heterocycles. The quantitative estimate of drug-likeness (QED) is 0.553. The van der Waals surface area contributed by atoms with Crippen LogP contribution < -0.4 is 10.5 Å². The van der Waals surface area contributed by atoms with Gasteiger partial charge in [0.1, 0.15) is 10.5 Å². The average molecular weight is 371 g/mol. The van der Waals surface area contributed by atoms with Crippen molar-refractivity contribution < 1.29 is 4.39 Å². The van der Waals surface area contributed by atoms with Crippen LogP contribution in [0.5, 0.6) is 0 Å². The smallest absolute Gasteiger partial charge is 0.272 e. The molecule has 0 fully saturated rings. The van der Waals surface area contributed by atoms with Crippen LogP contribution in [0.4, 0.5) is 10.1 Å². The molecule has 0 aliphatic rings. The summed E-state index contributed by atoms with van der Waals surface area (Å²) in [7, 11) is 1.70. The van der Waals surface area contributed by atoms with Crippen molar-refractivity contribution in [1.82, 2.24) is 19.2 Å². The molecule has 0 saturated carbocycles. The highest BCUT2D eigenvalue weighted by Gasteiger charge is 2.19. The van der Waals surface area contributed by atoms with Crippen LogP contribution in [0.15, 0.2) is 40.5 Å². The van der Waals surface area contributed by atoms with E-state index in [1.807, 2.05) is 15.8 Å². The van der Waals surface area contributed by atoms with E-state index >= 15 is 0 Å². The number of anilines is 1. The number of benzene rings is 1. The molecule has 0 unspecified atom stereocenters. The van der Waals surface area contributed by atoms with Gasteiger partial charge < -0.3 is 4.90 Å². The Labute approximate surface area is 153 Å². The van der Waals surface area contributed by atoms with E-state index in [0.717, 1.165) is 17.0 Å². The summed E-state index contributed by atoms with van der Waals surface area (Å²) in [6.07, 6.45) is 0. The zero-order valence-corrected chi connectivity index (χ0v) is 15.5. The van der Waals surface area contributed by atoms with Crippen LogP contribution in [0.25, 0.3) is 16.0 Å². The predicted molar refractivity (Wildman–Crippen MR) is 101 cm³/mol. The Morgan fingerprint density at radius 2 is 1.92 bits per heavy atom. The van der Waals surface area contributed by atoms with Gasteiger partial charge >= 0.3 is 0 Å². The molecule has 0 N–H and O–H groups in total. The highest BCUT2D eigenvalue weighted by molar-refractivity contribution is 7.17. The molecule has 0 atom stereocenters. The van der Waals surface area contributed by atoms with Gasteiger partial charge in [-0.2, -0.15) is 0 Å². The molecule has 0 bridgehead atoms. The zero-order valence-electron chi connectivity index (χ0n) is 14.7.